The van der Waals surface area contributed by atoms with Gasteiger partial charge in [0.15, 0.2) is 5.96 Å². The van der Waals surface area contributed by atoms with Gasteiger partial charge in [0.05, 0.1) is 6.10 Å². The van der Waals surface area contributed by atoms with Gasteiger partial charge in [0.2, 0.25) is 0 Å². The molecule has 0 radical (unpaired) electrons. The van der Waals surface area contributed by atoms with Crippen LogP contribution in [-0.4, -0.2) is 61.8 Å². The van der Waals surface area contributed by atoms with E-state index in [0.717, 1.165) is 45.2 Å². The molecule has 2 saturated carbocycles. The first-order valence-electron chi connectivity index (χ1n) is 10.2. The van der Waals surface area contributed by atoms with E-state index in [1.165, 1.54) is 32.1 Å². The van der Waals surface area contributed by atoms with Crippen LogP contribution in [0.15, 0.2) is 17.6 Å². The van der Waals surface area contributed by atoms with Crippen LogP contribution in [0.1, 0.15) is 52.4 Å². The fraction of sp³-hybridized carbons (Fsp3) is 0.850. The van der Waals surface area contributed by atoms with Gasteiger partial charge in [-0.2, -0.15) is 0 Å². The van der Waals surface area contributed by atoms with Gasteiger partial charge < -0.3 is 15.4 Å². The van der Waals surface area contributed by atoms with Crippen molar-refractivity contribution in [3.63, 3.8) is 0 Å². The van der Waals surface area contributed by atoms with Crippen molar-refractivity contribution < 1.29 is 4.74 Å². The molecule has 1 saturated heterocycles. The second kappa shape index (κ2) is 10.3. The number of hydrogen-bond acceptors (Lipinski definition) is 3. The molecule has 3 rings (SSSR count). The third-order valence-electron chi connectivity index (χ3n) is 6.38. The molecule has 5 nitrogen and oxygen atoms in total. The quantitative estimate of drug-likeness (QED) is 0.257. The lowest BCUT2D eigenvalue weighted by atomic mass is 9.51. The first-order chi connectivity index (χ1) is 12.2. The molecule has 3 aliphatic rings. The number of likely N-dealkylation sites (tertiary alicyclic amines) is 1. The molecule has 1 heterocycles. The van der Waals surface area contributed by atoms with Crippen LogP contribution in [0.5, 0.6) is 0 Å². The van der Waals surface area contributed by atoms with Crippen molar-refractivity contribution in [2.24, 2.45) is 10.4 Å². The highest BCUT2D eigenvalue weighted by Crippen LogP contribution is 2.57. The molecule has 2 N–H and O–H groups in total. The molecule has 26 heavy (non-hydrogen) atoms. The summed E-state index contributed by atoms with van der Waals surface area (Å²) in [6.45, 7) is 13.0. The monoisotopic (exact) mass is 476 g/mol. The Morgan fingerprint density at radius 2 is 2.00 bits per heavy atom. The van der Waals surface area contributed by atoms with Crippen LogP contribution in [0, 0.1) is 5.41 Å². The van der Waals surface area contributed by atoms with Crippen LogP contribution in [-0.2, 0) is 4.74 Å². The topological polar surface area (TPSA) is 48.9 Å². The average molecular weight is 476 g/mol. The van der Waals surface area contributed by atoms with Gasteiger partial charge in [-0.25, -0.2) is 0 Å². The van der Waals surface area contributed by atoms with Crippen molar-refractivity contribution in [2.45, 2.75) is 70.6 Å². The summed E-state index contributed by atoms with van der Waals surface area (Å²) < 4.78 is 5.98. The lowest BCUT2D eigenvalue weighted by Crippen LogP contribution is -2.69. The van der Waals surface area contributed by atoms with Crippen molar-refractivity contribution in [3.8, 4) is 0 Å². The number of rotatable bonds is 7. The van der Waals surface area contributed by atoms with E-state index in [1.54, 1.807) is 0 Å². The number of aliphatic imine (C=N–C) groups is 1. The van der Waals surface area contributed by atoms with Gasteiger partial charge in [-0.15, -0.1) is 30.6 Å². The highest BCUT2D eigenvalue weighted by molar-refractivity contribution is 14.0. The van der Waals surface area contributed by atoms with Gasteiger partial charge >= 0.3 is 0 Å². The maximum Gasteiger partial charge on any atom is 0.191 e. The third-order valence-corrected chi connectivity index (χ3v) is 6.38. The zero-order valence-electron chi connectivity index (χ0n) is 16.5. The zero-order valence-corrected chi connectivity index (χ0v) is 18.8. The lowest BCUT2D eigenvalue weighted by Gasteiger charge is -2.61. The molecular weight excluding hydrogens is 439 g/mol. The van der Waals surface area contributed by atoms with Crippen LogP contribution < -0.4 is 10.6 Å². The van der Waals surface area contributed by atoms with Crippen LogP contribution in [0.25, 0.3) is 0 Å². The van der Waals surface area contributed by atoms with Crippen molar-refractivity contribution in [1.82, 2.24) is 15.5 Å². The fourth-order valence-corrected chi connectivity index (χ4v) is 4.73. The smallest absolute Gasteiger partial charge is 0.191 e. The molecule has 150 valence electrons. The minimum atomic E-state index is 0. The van der Waals surface area contributed by atoms with Crippen LogP contribution in [0.3, 0.4) is 0 Å². The molecule has 2 unspecified atom stereocenters. The van der Waals surface area contributed by atoms with E-state index in [4.69, 9.17) is 9.73 Å². The van der Waals surface area contributed by atoms with Gasteiger partial charge in [0.25, 0.3) is 0 Å². The highest BCUT2D eigenvalue weighted by atomic mass is 127. The predicted molar refractivity (Wildman–Crippen MR) is 119 cm³/mol. The largest absolute Gasteiger partial charge is 0.378 e. The van der Waals surface area contributed by atoms with Gasteiger partial charge in [0.1, 0.15) is 0 Å². The summed E-state index contributed by atoms with van der Waals surface area (Å²) in [5.41, 5.74) is 0.375. The number of piperidine rings is 1. The molecule has 0 amide bonds. The van der Waals surface area contributed by atoms with E-state index >= 15 is 0 Å². The lowest BCUT2D eigenvalue weighted by molar-refractivity contribution is -0.168. The molecule has 6 heteroatoms. The first kappa shape index (κ1) is 22.0. The number of nitrogens with zero attached hydrogens (tertiary/aromatic N) is 2. The van der Waals surface area contributed by atoms with Crippen molar-refractivity contribution in [3.05, 3.63) is 12.7 Å². The summed E-state index contributed by atoms with van der Waals surface area (Å²) in [5, 5.41) is 7.45. The Kier molecular flexibility index (Phi) is 8.67. The minimum Gasteiger partial charge on any atom is -0.378 e. The summed E-state index contributed by atoms with van der Waals surface area (Å²) in [6, 6.07) is 1.05. The summed E-state index contributed by atoms with van der Waals surface area (Å²) in [7, 11) is 0. The molecule has 1 spiro atoms. The fourth-order valence-electron chi connectivity index (χ4n) is 4.73. The molecule has 2 atom stereocenters. The predicted octanol–water partition coefficient (Wildman–Crippen LogP) is 3.16. The molecule has 0 aromatic carbocycles. The number of ether oxygens (including phenoxy) is 1. The van der Waals surface area contributed by atoms with Crippen molar-refractivity contribution in [1.29, 1.82) is 0 Å². The Morgan fingerprint density at radius 3 is 2.54 bits per heavy atom. The Hall–Kier alpha value is -0.340. The summed E-state index contributed by atoms with van der Waals surface area (Å²) in [6.07, 6.45) is 9.87. The zero-order chi connectivity index (χ0) is 17.7. The summed E-state index contributed by atoms with van der Waals surface area (Å²) in [5.74, 6) is 1.01. The molecule has 3 fully saturated rings. The van der Waals surface area contributed by atoms with E-state index < -0.39 is 0 Å². The normalized spacial score (nSPS) is 28.6. The first-order valence-corrected chi connectivity index (χ1v) is 10.2. The Morgan fingerprint density at radius 1 is 1.27 bits per heavy atom. The SMILES string of the molecule is C=CCN1CCC(NC(=NCC)NC2CC(OCC)C23CCC3)CC1.I. The van der Waals surface area contributed by atoms with Gasteiger partial charge in [-0.3, -0.25) is 9.89 Å². The van der Waals surface area contributed by atoms with Gasteiger partial charge in [-0.1, -0.05) is 12.5 Å². The maximum absolute atomic E-state index is 5.98. The van der Waals surface area contributed by atoms with E-state index in [9.17, 15) is 0 Å². The standard InChI is InChI=1S/C20H36N4O.HI/c1-4-12-24-13-8-16(9-14-24)22-19(21-5-2)23-17-15-18(25-6-3)20(17)10-7-11-20;/h4,16-18H,1,5-15H2,2-3H3,(H2,21,22,23);1H. The second-order valence-corrected chi connectivity index (χ2v) is 7.79. The number of hydrogen-bond donors (Lipinski definition) is 2. The average Bonchev–Trinajstić information content (AvgIpc) is 2.54. The number of nitrogens with one attached hydrogen (secondary N) is 2. The summed E-state index contributed by atoms with van der Waals surface area (Å²) >= 11 is 0. The number of halogens is 1. The second-order valence-electron chi connectivity index (χ2n) is 7.79. The number of guanidine groups is 1. The van der Waals surface area contributed by atoms with E-state index in [1.807, 2.05) is 6.08 Å². The van der Waals surface area contributed by atoms with Crippen LogP contribution >= 0.6 is 24.0 Å². The molecular formula is C20H37IN4O. The van der Waals surface area contributed by atoms with Crippen molar-refractivity contribution >= 4 is 29.9 Å². The van der Waals surface area contributed by atoms with Crippen molar-refractivity contribution in [2.75, 3.05) is 32.8 Å². The third kappa shape index (κ3) is 4.73. The van der Waals surface area contributed by atoms with Crippen LogP contribution in [0.4, 0.5) is 0 Å². The molecule has 0 aromatic rings. The van der Waals surface area contributed by atoms with E-state index in [-0.39, 0.29) is 24.0 Å². The molecule has 1 aliphatic heterocycles. The molecule has 0 aromatic heterocycles. The Balaban J connectivity index is 0.00000243. The van der Waals surface area contributed by atoms with E-state index in [2.05, 4.69) is 36.0 Å². The van der Waals surface area contributed by atoms with E-state index in [0.29, 0.717) is 23.6 Å². The molecule has 2 aliphatic carbocycles. The highest BCUT2D eigenvalue weighted by Gasteiger charge is 2.59. The van der Waals surface area contributed by atoms with Gasteiger partial charge in [-0.05, 0) is 46.0 Å². The van der Waals surface area contributed by atoms with Gasteiger partial charge in [0, 0.05) is 50.3 Å². The molecule has 0 bridgehead atoms. The summed E-state index contributed by atoms with van der Waals surface area (Å²) in [4.78, 5) is 7.18. The van der Waals surface area contributed by atoms with Crippen LogP contribution in [0.2, 0.25) is 0 Å². The Bertz CT molecular complexity index is 472. The Labute approximate surface area is 176 Å². The minimum absolute atomic E-state index is 0. The maximum atomic E-state index is 5.98.